The van der Waals surface area contributed by atoms with Crippen molar-refractivity contribution in [3.05, 3.63) is 81.7 Å². The van der Waals surface area contributed by atoms with Gasteiger partial charge in [-0.1, -0.05) is 46.7 Å². The molecule has 0 atom stereocenters. The highest BCUT2D eigenvalue weighted by molar-refractivity contribution is 7.99. The number of hydrogen-bond acceptors (Lipinski definition) is 7. The number of anilines is 1. The quantitative estimate of drug-likeness (QED) is 0.226. The molecule has 0 unspecified atom stereocenters. The summed E-state index contributed by atoms with van der Waals surface area (Å²) in [6.07, 6.45) is 1.61. The molecule has 0 aliphatic heterocycles. The molecule has 2 aromatic carbocycles. The third kappa shape index (κ3) is 4.82. The topological polar surface area (TPSA) is 116 Å². The lowest BCUT2D eigenvalue weighted by atomic mass is 10.1. The lowest BCUT2D eigenvalue weighted by Gasteiger charge is -2.12. The van der Waals surface area contributed by atoms with Gasteiger partial charge in [-0.05, 0) is 25.1 Å². The Morgan fingerprint density at radius 2 is 2.06 bits per heavy atom. The van der Waals surface area contributed by atoms with Gasteiger partial charge < -0.3 is 9.84 Å². The van der Waals surface area contributed by atoms with Crippen LogP contribution in [0.5, 0.6) is 0 Å². The molecule has 1 amide bonds. The van der Waals surface area contributed by atoms with Crippen molar-refractivity contribution in [2.24, 2.45) is 0 Å². The van der Waals surface area contributed by atoms with E-state index in [4.69, 9.17) is 16.1 Å². The summed E-state index contributed by atoms with van der Waals surface area (Å²) in [5.74, 6) is 0.716. The number of nitrogens with one attached hydrogen (secondary N) is 1. The molecule has 0 aliphatic carbocycles. The molecule has 9 nitrogen and oxygen atoms in total. The lowest BCUT2D eigenvalue weighted by molar-refractivity contribution is -0.384. The van der Waals surface area contributed by atoms with E-state index >= 15 is 0 Å². The molecular formula is C21H16ClN5O4S. The molecule has 0 saturated carbocycles. The van der Waals surface area contributed by atoms with Crippen LogP contribution in [-0.2, 0) is 4.79 Å². The van der Waals surface area contributed by atoms with E-state index in [1.54, 1.807) is 49.5 Å². The van der Waals surface area contributed by atoms with Crippen LogP contribution in [0.25, 0.3) is 16.9 Å². The minimum absolute atomic E-state index is 0.0298. The molecule has 1 N–H and O–H groups in total. The summed E-state index contributed by atoms with van der Waals surface area (Å²) >= 11 is 7.40. The predicted molar refractivity (Wildman–Crippen MR) is 121 cm³/mol. The van der Waals surface area contributed by atoms with Gasteiger partial charge in [0.1, 0.15) is 5.76 Å². The van der Waals surface area contributed by atoms with Crippen LogP contribution in [0.15, 0.2) is 70.5 Å². The standard InChI is InChI=1S/C21H16ClN5O4S/c1-13-8-19(25-31-13)24-20(28)12-32-21-23-11-18(14-4-2-7-17(9-14)27(29)30)26(21)16-6-3-5-15(22)10-16/h2-11H,12H2,1H3,(H,24,25,28). The molecule has 11 heteroatoms. The van der Waals surface area contributed by atoms with Gasteiger partial charge >= 0.3 is 0 Å². The maximum absolute atomic E-state index is 12.3. The van der Waals surface area contributed by atoms with Crippen molar-refractivity contribution in [3.63, 3.8) is 0 Å². The highest BCUT2D eigenvalue weighted by atomic mass is 35.5. The number of non-ortho nitro benzene ring substituents is 1. The van der Waals surface area contributed by atoms with E-state index in [0.29, 0.717) is 38.7 Å². The van der Waals surface area contributed by atoms with Crippen LogP contribution >= 0.6 is 23.4 Å². The summed E-state index contributed by atoms with van der Waals surface area (Å²) in [7, 11) is 0. The van der Waals surface area contributed by atoms with Crippen molar-refractivity contribution in [1.82, 2.24) is 14.7 Å². The lowest BCUT2D eigenvalue weighted by Crippen LogP contribution is -2.14. The first-order valence-corrected chi connectivity index (χ1v) is 10.7. The molecule has 0 radical (unpaired) electrons. The molecule has 0 fully saturated rings. The molecule has 32 heavy (non-hydrogen) atoms. The number of hydrogen-bond donors (Lipinski definition) is 1. The zero-order valence-corrected chi connectivity index (χ0v) is 18.3. The van der Waals surface area contributed by atoms with Crippen molar-refractivity contribution in [1.29, 1.82) is 0 Å². The third-order valence-corrected chi connectivity index (χ3v) is 5.56. The molecule has 162 valence electrons. The second-order valence-electron chi connectivity index (χ2n) is 6.71. The summed E-state index contributed by atoms with van der Waals surface area (Å²) in [4.78, 5) is 27.6. The van der Waals surface area contributed by atoms with Crippen molar-refractivity contribution in [3.8, 4) is 16.9 Å². The number of nitro groups is 1. The first kappa shape index (κ1) is 21.6. The molecule has 0 saturated heterocycles. The van der Waals surface area contributed by atoms with E-state index in [0.717, 1.165) is 0 Å². The number of amides is 1. The fourth-order valence-corrected chi connectivity index (χ4v) is 4.00. The minimum Gasteiger partial charge on any atom is -0.360 e. The summed E-state index contributed by atoms with van der Waals surface area (Å²) in [6.45, 7) is 1.73. The highest BCUT2D eigenvalue weighted by Crippen LogP contribution is 2.32. The summed E-state index contributed by atoms with van der Waals surface area (Å²) in [6, 6.07) is 15.0. The van der Waals surface area contributed by atoms with E-state index < -0.39 is 4.92 Å². The SMILES string of the molecule is Cc1cc(NC(=O)CSc2ncc(-c3cccc([N+](=O)[O-])c3)n2-c2cccc(Cl)c2)no1. The number of benzene rings is 2. The second-order valence-corrected chi connectivity index (χ2v) is 8.09. The molecule has 2 aromatic heterocycles. The molecule has 2 heterocycles. The number of carbonyl (C=O) groups excluding carboxylic acids is 1. The summed E-state index contributed by atoms with van der Waals surface area (Å²) in [5.41, 5.74) is 1.93. The number of carbonyl (C=O) groups is 1. The number of halogens is 1. The number of nitrogens with zero attached hydrogens (tertiary/aromatic N) is 4. The van der Waals surface area contributed by atoms with Crippen LogP contribution in [0.1, 0.15) is 5.76 Å². The zero-order chi connectivity index (χ0) is 22.7. The van der Waals surface area contributed by atoms with Crippen LogP contribution in [-0.4, -0.2) is 31.3 Å². The molecule has 0 aliphatic rings. The van der Waals surface area contributed by atoms with Gasteiger partial charge in [-0.2, -0.15) is 0 Å². The first-order valence-electron chi connectivity index (χ1n) is 9.35. The summed E-state index contributed by atoms with van der Waals surface area (Å²) in [5, 5.41) is 18.7. The first-order chi connectivity index (χ1) is 15.4. The van der Waals surface area contributed by atoms with Gasteiger partial charge in [0.05, 0.1) is 22.6 Å². The van der Waals surface area contributed by atoms with Gasteiger partial charge in [-0.25, -0.2) is 4.98 Å². The number of aryl methyl sites for hydroxylation is 1. The number of nitro benzene ring substituents is 1. The van der Waals surface area contributed by atoms with Crippen molar-refractivity contribution < 1.29 is 14.2 Å². The van der Waals surface area contributed by atoms with Gasteiger partial charge in [0, 0.05) is 34.5 Å². The van der Waals surface area contributed by atoms with Gasteiger partial charge in [0.2, 0.25) is 5.91 Å². The second kappa shape index (κ2) is 9.25. The van der Waals surface area contributed by atoms with E-state index in [1.807, 2.05) is 10.6 Å². The maximum atomic E-state index is 12.3. The zero-order valence-electron chi connectivity index (χ0n) is 16.7. The number of thioether (sulfide) groups is 1. The Morgan fingerprint density at radius 3 is 2.78 bits per heavy atom. The predicted octanol–water partition coefficient (Wildman–Crippen LogP) is 5.13. The Labute approximate surface area is 191 Å². The van der Waals surface area contributed by atoms with Crippen molar-refractivity contribution in [2.75, 3.05) is 11.1 Å². The Bertz CT molecular complexity index is 1300. The Balaban J connectivity index is 1.66. The van der Waals surface area contributed by atoms with Crippen LogP contribution in [0.4, 0.5) is 11.5 Å². The fourth-order valence-electron chi connectivity index (χ4n) is 3.02. The molecule has 0 bridgehead atoms. The van der Waals surface area contributed by atoms with E-state index in [1.165, 1.54) is 23.9 Å². The van der Waals surface area contributed by atoms with Crippen LogP contribution in [0.3, 0.4) is 0 Å². The average Bonchev–Trinajstić information content (AvgIpc) is 3.38. The molecule has 4 aromatic rings. The molecular weight excluding hydrogens is 454 g/mol. The number of imidazole rings is 1. The van der Waals surface area contributed by atoms with E-state index in [9.17, 15) is 14.9 Å². The third-order valence-electron chi connectivity index (χ3n) is 4.38. The van der Waals surface area contributed by atoms with Crippen LogP contribution in [0, 0.1) is 17.0 Å². The number of rotatable bonds is 7. The van der Waals surface area contributed by atoms with Gasteiger partial charge in [0.15, 0.2) is 11.0 Å². The normalized spacial score (nSPS) is 10.8. The maximum Gasteiger partial charge on any atom is 0.270 e. The van der Waals surface area contributed by atoms with Crippen molar-refractivity contribution >= 4 is 40.8 Å². The smallest absolute Gasteiger partial charge is 0.270 e. The summed E-state index contributed by atoms with van der Waals surface area (Å²) < 4.78 is 6.76. The van der Waals surface area contributed by atoms with Crippen LogP contribution in [0.2, 0.25) is 5.02 Å². The van der Waals surface area contributed by atoms with Crippen molar-refractivity contribution in [2.45, 2.75) is 12.1 Å². The Morgan fingerprint density at radius 1 is 1.25 bits per heavy atom. The van der Waals surface area contributed by atoms with E-state index in [2.05, 4.69) is 15.5 Å². The largest absolute Gasteiger partial charge is 0.360 e. The minimum atomic E-state index is -0.449. The monoisotopic (exact) mass is 469 g/mol. The van der Waals surface area contributed by atoms with Gasteiger partial charge in [0.25, 0.3) is 5.69 Å². The highest BCUT2D eigenvalue weighted by Gasteiger charge is 2.18. The number of aromatic nitrogens is 3. The fraction of sp³-hybridized carbons (Fsp3) is 0.0952. The molecule has 4 rings (SSSR count). The van der Waals surface area contributed by atoms with Gasteiger partial charge in [-0.3, -0.25) is 19.5 Å². The van der Waals surface area contributed by atoms with Gasteiger partial charge in [-0.15, -0.1) is 0 Å². The average molecular weight is 470 g/mol. The Hall–Kier alpha value is -3.63. The molecule has 0 spiro atoms. The Kier molecular flexibility index (Phi) is 6.24. The van der Waals surface area contributed by atoms with E-state index in [-0.39, 0.29) is 17.3 Å². The van der Waals surface area contributed by atoms with Crippen LogP contribution < -0.4 is 5.32 Å².